The Morgan fingerprint density at radius 1 is 1.00 bits per heavy atom. The molecule has 1 N–H and O–H groups in total. The van der Waals surface area contributed by atoms with E-state index in [4.69, 9.17) is 0 Å². The van der Waals surface area contributed by atoms with Crippen molar-refractivity contribution in [2.75, 3.05) is 6.54 Å². The van der Waals surface area contributed by atoms with E-state index >= 15 is 0 Å². The van der Waals surface area contributed by atoms with Crippen LogP contribution in [0.1, 0.15) is 30.7 Å². The molecule has 0 radical (unpaired) electrons. The molecule has 0 saturated heterocycles. The Morgan fingerprint density at radius 2 is 1.87 bits per heavy atom. The summed E-state index contributed by atoms with van der Waals surface area (Å²) in [6.07, 6.45) is 6.20. The number of hydrogen-bond acceptors (Lipinski definition) is 1. The molecule has 1 nitrogen and oxygen atoms in total. The highest BCUT2D eigenvalue weighted by Gasteiger charge is 2.33. The standard InChI is InChI=1S/C14H17N/c1-2-4-11(5-3-1)13-7-6-12-10-15-9-8-14(12)13/h1-5,10,13-15H,6-9H2. The van der Waals surface area contributed by atoms with Gasteiger partial charge in [0.1, 0.15) is 0 Å². The Morgan fingerprint density at radius 3 is 2.73 bits per heavy atom. The van der Waals surface area contributed by atoms with Crippen LogP contribution in [0.3, 0.4) is 0 Å². The first-order chi connectivity index (χ1) is 7.45. The van der Waals surface area contributed by atoms with E-state index in [0.29, 0.717) is 0 Å². The molecule has 1 heterocycles. The molecule has 0 bridgehead atoms. The van der Waals surface area contributed by atoms with Gasteiger partial charge in [-0.1, -0.05) is 35.9 Å². The van der Waals surface area contributed by atoms with E-state index < -0.39 is 0 Å². The van der Waals surface area contributed by atoms with E-state index in [0.717, 1.165) is 18.4 Å². The van der Waals surface area contributed by atoms with Crippen molar-refractivity contribution < 1.29 is 0 Å². The van der Waals surface area contributed by atoms with Gasteiger partial charge in [-0.2, -0.15) is 0 Å². The van der Waals surface area contributed by atoms with Gasteiger partial charge in [0.15, 0.2) is 0 Å². The van der Waals surface area contributed by atoms with Gasteiger partial charge in [0.25, 0.3) is 0 Å². The number of rotatable bonds is 1. The number of fused-ring (bicyclic) bond motifs is 1. The topological polar surface area (TPSA) is 12.0 Å². The summed E-state index contributed by atoms with van der Waals surface area (Å²) >= 11 is 0. The lowest BCUT2D eigenvalue weighted by Crippen LogP contribution is -2.21. The third-order valence-electron chi connectivity index (χ3n) is 3.82. The van der Waals surface area contributed by atoms with Crippen LogP contribution in [0.15, 0.2) is 42.1 Å². The molecule has 0 aromatic heterocycles. The predicted octanol–water partition coefficient (Wildman–Crippen LogP) is 3.06. The van der Waals surface area contributed by atoms with Gasteiger partial charge in [-0.05, 0) is 42.9 Å². The lowest BCUT2D eigenvalue weighted by Gasteiger charge is -2.24. The minimum Gasteiger partial charge on any atom is -0.391 e. The SMILES string of the molecule is C1=C2CCC(c3ccccc3)C2CCN1. The van der Waals surface area contributed by atoms with Crippen molar-refractivity contribution in [3.05, 3.63) is 47.7 Å². The first kappa shape index (κ1) is 9.02. The molecule has 3 rings (SSSR count). The average Bonchev–Trinajstić information content (AvgIpc) is 2.74. The number of hydrogen-bond donors (Lipinski definition) is 1. The van der Waals surface area contributed by atoms with Crippen molar-refractivity contribution in [1.82, 2.24) is 5.32 Å². The van der Waals surface area contributed by atoms with Crippen molar-refractivity contribution >= 4 is 0 Å². The number of benzene rings is 1. The van der Waals surface area contributed by atoms with Crippen molar-refractivity contribution in [2.24, 2.45) is 5.92 Å². The third-order valence-corrected chi connectivity index (χ3v) is 3.82. The molecule has 1 saturated carbocycles. The Balaban J connectivity index is 1.89. The monoisotopic (exact) mass is 199 g/mol. The van der Waals surface area contributed by atoms with Gasteiger partial charge < -0.3 is 5.32 Å². The van der Waals surface area contributed by atoms with Crippen molar-refractivity contribution in [3.8, 4) is 0 Å². The molecule has 2 atom stereocenters. The van der Waals surface area contributed by atoms with Crippen LogP contribution < -0.4 is 5.32 Å². The van der Waals surface area contributed by atoms with Gasteiger partial charge in [-0.3, -0.25) is 0 Å². The van der Waals surface area contributed by atoms with Crippen LogP contribution in [0.4, 0.5) is 0 Å². The van der Waals surface area contributed by atoms with Crippen LogP contribution in [-0.4, -0.2) is 6.54 Å². The molecule has 15 heavy (non-hydrogen) atoms. The van der Waals surface area contributed by atoms with Gasteiger partial charge in [-0.25, -0.2) is 0 Å². The van der Waals surface area contributed by atoms with Crippen molar-refractivity contribution in [1.29, 1.82) is 0 Å². The van der Waals surface area contributed by atoms with E-state index in [1.54, 1.807) is 5.57 Å². The second kappa shape index (κ2) is 3.73. The van der Waals surface area contributed by atoms with E-state index in [9.17, 15) is 0 Å². The van der Waals surface area contributed by atoms with Crippen LogP contribution >= 0.6 is 0 Å². The maximum absolute atomic E-state index is 3.37. The van der Waals surface area contributed by atoms with Crippen LogP contribution in [0.25, 0.3) is 0 Å². The fraction of sp³-hybridized carbons (Fsp3) is 0.429. The third kappa shape index (κ3) is 1.56. The van der Waals surface area contributed by atoms with Crippen LogP contribution in [-0.2, 0) is 0 Å². The minimum atomic E-state index is 0.777. The molecule has 0 amide bonds. The highest BCUT2D eigenvalue weighted by Crippen LogP contribution is 2.45. The lowest BCUT2D eigenvalue weighted by atomic mass is 9.84. The molecular formula is C14H17N. The smallest absolute Gasteiger partial charge is 0.0147 e. The summed E-state index contributed by atoms with van der Waals surface area (Å²) in [5, 5.41) is 3.37. The molecule has 1 aliphatic heterocycles. The van der Waals surface area contributed by atoms with E-state index in [-0.39, 0.29) is 0 Å². The normalized spacial score (nSPS) is 29.2. The van der Waals surface area contributed by atoms with Crippen LogP contribution in [0.2, 0.25) is 0 Å². The molecule has 2 aliphatic rings. The van der Waals surface area contributed by atoms with Crippen molar-refractivity contribution in [2.45, 2.75) is 25.2 Å². The van der Waals surface area contributed by atoms with Gasteiger partial charge in [-0.15, -0.1) is 0 Å². The molecular weight excluding hydrogens is 182 g/mol. The first-order valence-electron chi connectivity index (χ1n) is 5.92. The van der Waals surface area contributed by atoms with Gasteiger partial charge in [0.05, 0.1) is 0 Å². The fourth-order valence-corrected chi connectivity index (χ4v) is 3.07. The predicted molar refractivity (Wildman–Crippen MR) is 62.6 cm³/mol. The summed E-state index contributed by atoms with van der Waals surface area (Å²) in [6.45, 7) is 1.15. The number of allylic oxidation sites excluding steroid dienone is 1. The second-order valence-corrected chi connectivity index (χ2v) is 4.62. The molecule has 0 spiro atoms. The van der Waals surface area contributed by atoms with Crippen molar-refractivity contribution in [3.63, 3.8) is 0 Å². The van der Waals surface area contributed by atoms with Gasteiger partial charge in [0.2, 0.25) is 0 Å². The molecule has 1 aromatic carbocycles. The molecule has 1 aromatic rings. The second-order valence-electron chi connectivity index (χ2n) is 4.62. The Kier molecular flexibility index (Phi) is 2.24. The summed E-state index contributed by atoms with van der Waals surface area (Å²) in [4.78, 5) is 0. The first-order valence-corrected chi connectivity index (χ1v) is 5.92. The van der Waals surface area contributed by atoms with E-state index in [1.165, 1.54) is 24.8 Å². The van der Waals surface area contributed by atoms with E-state index in [1.807, 2.05) is 0 Å². The van der Waals surface area contributed by atoms with Crippen LogP contribution in [0.5, 0.6) is 0 Å². The molecule has 1 aliphatic carbocycles. The highest BCUT2D eigenvalue weighted by molar-refractivity contribution is 5.28. The molecule has 78 valence electrons. The molecule has 2 unspecified atom stereocenters. The average molecular weight is 199 g/mol. The summed E-state index contributed by atoms with van der Waals surface area (Å²) in [5.41, 5.74) is 3.18. The zero-order valence-corrected chi connectivity index (χ0v) is 8.95. The Labute approximate surface area is 91.2 Å². The maximum Gasteiger partial charge on any atom is 0.0147 e. The summed E-state index contributed by atoms with van der Waals surface area (Å²) in [5.74, 6) is 1.59. The minimum absolute atomic E-state index is 0.777. The zero-order chi connectivity index (χ0) is 10.1. The summed E-state index contributed by atoms with van der Waals surface area (Å²) in [6, 6.07) is 11.0. The molecule has 1 fully saturated rings. The zero-order valence-electron chi connectivity index (χ0n) is 8.95. The van der Waals surface area contributed by atoms with E-state index in [2.05, 4.69) is 41.8 Å². The van der Waals surface area contributed by atoms with Gasteiger partial charge >= 0.3 is 0 Å². The highest BCUT2D eigenvalue weighted by atomic mass is 14.8. The quantitative estimate of drug-likeness (QED) is 0.733. The number of nitrogens with one attached hydrogen (secondary N) is 1. The lowest BCUT2D eigenvalue weighted by molar-refractivity contribution is 0.475. The largest absolute Gasteiger partial charge is 0.391 e. The fourth-order valence-electron chi connectivity index (χ4n) is 3.07. The summed E-state index contributed by atoms with van der Waals surface area (Å²) < 4.78 is 0. The Bertz CT molecular complexity index is 366. The van der Waals surface area contributed by atoms with Crippen LogP contribution in [0, 0.1) is 5.92 Å². The summed E-state index contributed by atoms with van der Waals surface area (Å²) in [7, 11) is 0. The molecule has 1 heteroatoms. The Hall–Kier alpha value is -1.24. The maximum atomic E-state index is 3.37. The van der Waals surface area contributed by atoms with Gasteiger partial charge in [0, 0.05) is 6.54 Å².